The van der Waals surface area contributed by atoms with Gasteiger partial charge in [0.25, 0.3) is 0 Å². The lowest BCUT2D eigenvalue weighted by atomic mass is 10.1. The van der Waals surface area contributed by atoms with Crippen LogP contribution in [-0.2, 0) is 13.1 Å². The first-order chi connectivity index (χ1) is 35.1. The second kappa shape index (κ2) is 20.8. The van der Waals surface area contributed by atoms with E-state index in [1.807, 2.05) is 45.3 Å². The third-order valence-electron chi connectivity index (χ3n) is 14.4. The molecule has 0 unspecified atom stereocenters. The van der Waals surface area contributed by atoms with Crippen molar-refractivity contribution < 1.29 is 0 Å². The molecule has 0 atom stereocenters. The summed E-state index contributed by atoms with van der Waals surface area (Å²) >= 11 is 8.76. The molecule has 7 heterocycles. The van der Waals surface area contributed by atoms with Gasteiger partial charge in [0.2, 0.25) is 0 Å². The number of fused-ring (bicyclic) bond motifs is 7. The van der Waals surface area contributed by atoms with E-state index in [-0.39, 0.29) is 0 Å². The molecule has 4 nitrogen and oxygen atoms in total. The van der Waals surface area contributed by atoms with E-state index in [0.717, 1.165) is 35.2 Å². The Hall–Kier alpha value is -5.68. The second-order valence-corrected chi connectivity index (χ2v) is 24.0. The molecule has 0 aliphatic rings. The molecule has 0 N–H and O–H groups in total. The summed E-state index contributed by atoms with van der Waals surface area (Å²) in [5.41, 5.74) is 12.2. The van der Waals surface area contributed by atoms with Crippen LogP contribution in [0.25, 0.3) is 116 Å². The Morgan fingerprint density at radius 3 is 1.15 bits per heavy atom. The molecule has 0 aliphatic carbocycles. The number of benzene rings is 5. The summed E-state index contributed by atoms with van der Waals surface area (Å²) in [6, 6.07) is 54.9. The number of aryl methyl sites for hydroxylation is 2. The third kappa shape index (κ3) is 9.14. The zero-order chi connectivity index (χ0) is 47.7. The van der Waals surface area contributed by atoms with Crippen LogP contribution in [0, 0.1) is 0 Å². The molecule has 0 aliphatic heterocycles. The molecule has 0 fully saturated rings. The first kappa shape index (κ1) is 46.4. The van der Waals surface area contributed by atoms with Crippen LogP contribution in [0.5, 0.6) is 0 Å². The lowest BCUT2D eigenvalue weighted by Crippen LogP contribution is -1.97. The van der Waals surface area contributed by atoms with Crippen molar-refractivity contribution in [2.45, 2.75) is 104 Å². The van der Waals surface area contributed by atoms with Gasteiger partial charge in [-0.25, -0.2) is 0 Å². The average molecular weight is 1020 g/mol. The van der Waals surface area contributed by atoms with E-state index in [0.29, 0.717) is 0 Å². The van der Waals surface area contributed by atoms with Gasteiger partial charge < -0.3 is 9.13 Å². The monoisotopic (exact) mass is 1020 g/mol. The Balaban J connectivity index is 0.758. The number of rotatable bonds is 20. The fraction of sp³-hybridized carbons (Fsp3) is 0.258. The molecule has 0 saturated carbocycles. The number of hydrogen-bond donors (Lipinski definition) is 0. The molecule has 0 saturated heterocycles. The molecule has 0 spiro atoms. The molecule has 5 aromatic carbocycles. The van der Waals surface area contributed by atoms with Crippen molar-refractivity contribution in [1.82, 2.24) is 17.9 Å². The van der Waals surface area contributed by atoms with Crippen molar-refractivity contribution >= 4 is 112 Å². The second-order valence-electron chi connectivity index (χ2n) is 19.1. The van der Waals surface area contributed by atoms with Gasteiger partial charge in [0.05, 0.1) is 11.7 Å². The summed E-state index contributed by atoms with van der Waals surface area (Å²) in [5.74, 6) is 0. The normalized spacial score (nSPS) is 12.0. The maximum atomic E-state index is 4.90. The summed E-state index contributed by atoms with van der Waals surface area (Å²) in [5, 5.41) is 5.40. The van der Waals surface area contributed by atoms with Crippen LogP contribution < -0.4 is 0 Å². The quantitative estimate of drug-likeness (QED) is 0.0713. The van der Waals surface area contributed by atoms with Crippen LogP contribution >= 0.6 is 57.1 Å². The molecular formula is C62H58N4S5. The predicted molar refractivity (Wildman–Crippen MR) is 314 cm³/mol. The standard InChI is InChI=1S/C62H58N4S5/c1-3-5-7-9-11-17-37-65-49-21-15-13-19-43(49)47-39-41(23-27-51(47)65)53-29-33-57(67-53)59-35-31-55(69-59)45-25-26-46(62-61(45)63-71-64-62)56-32-36-60(70-56)58-34-30-54(68-58)42-24-28-52-48(40-42)44-20-14-16-22-50(44)66(52)38-18-12-10-8-6-4-2/h13-16,19-36,39-40H,3-12,17-18,37-38H2,1-2H3. The number of hydrogen-bond acceptors (Lipinski definition) is 7. The third-order valence-corrected chi connectivity index (χ3v) is 19.9. The first-order valence-electron chi connectivity index (χ1n) is 25.8. The summed E-state index contributed by atoms with van der Waals surface area (Å²) < 4.78 is 14.9. The molecule has 7 aromatic heterocycles. The Morgan fingerprint density at radius 2 is 0.704 bits per heavy atom. The first-order valence-corrected chi connectivity index (χ1v) is 29.8. The molecule has 0 bridgehead atoms. The number of nitrogens with zero attached hydrogens (tertiary/aromatic N) is 4. The van der Waals surface area contributed by atoms with Crippen LogP contribution in [0.1, 0.15) is 90.9 Å². The largest absolute Gasteiger partial charge is 0.340 e. The topological polar surface area (TPSA) is 35.6 Å². The lowest BCUT2D eigenvalue weighted by Gasteiger charge is -2.08. The highest BCUT2D eigenvalue weighted by molar-refractivity contribution is 7.26. The predicted octanol–water partition coefficient (Wildman–Crippen LogP) is 20.9. The number of para-hydroxylation sites is 2. The van der Waals surface area contributed by atoms with Gasteiger partial charge in [0.15, 0.2) is 0 Å². The summed E-state index contributed by atoms with van der Waals surface area (Å²) in [6.45, 7) is 6.72. The van der Waals surface area contributed by atoms with E-state index < -0.39 is 0 Å². The Kier molecular flexibility index (Phi) is 13.6. The maximum absolute atomic E-state index is 4.90. The van der Waals surface area contributed by atoms with E-state index in [9.17, 15) is 0 Å². The minimum atomic E-state index is 0.980. The molecule has 9 heteroatoms. The average Bonchev–Trinajstić information content (AvgIpc) is 4.28. The Morgan fingerprint density at radius 1 is 0.338 bits per heavy atom. The van der Waals surface area contributed by atoms with Crippen LogP contribution in [0.15, 0.2) is 146 Å². The van der Waals surface area contributed by atoms with E-state index >= 15 is 0 Å². The van der Waals surface area contributed by atoms with Crippen molar-refractivity contribution in [2.24, 2.45) is 0 Å². The fourth-order valence-electron chi connectivity index (χ4n) is 10.7. The van der Waals surface area contributed by atoms with Gasteiger partial charge >= 0.3 is 0 Å². The van der Waals surface area contributed by atoms with Crippen LogP contribution in [-0.4, -0.2) is 17.9 Å². The molecule has 0 radical (unpaired) electrons. The van der Waals surface area contributed by atoms with E-state index in [2.05, 4.69) is 169 Å². The van der Waals surface area contributed by atoms with Gasteiger partial charge in [-0.05, 0) is 109 Å². The minimum absolute atomic E-state index is 0.980. The smallest absolute Gasteiger partial charge is 0.114 e. The molecule has 12 aromatic rings. The highest BCUT2D eigenvalue weighted by Crippen LogP contribution is 2.46. The summed E-state index contributed by atoms with van der Waals surface area (Å²) in [6.07, 6.45) is 15.7. The van der Waals surface area contributed by atoms with Crippen LogP contribution in [0.2, 0.25) is 0 Å². The fourth-order valence-corrected chi connectivity index (χ4v) is 15.6. The van der Waals surface area contributed by atoms with Gasteiger partial charge in [0.1, 0.15) is 11.0 Å². The van der Waals surface area contributed by atoms with E-state index in [4.69, 9.17) is 8.75 Å². The number of thiophene rings is 4. The van der Waals surface area contributed by atoms with Crippen molar-refractivity contribution in [1.29, 1.82) is 0 Å². The minimum Gasteiger partial charge on any atom is -0.340 e. The molecule has 0 amide bonds. The van der Waals surface area contributed by atoms with E-state index in [1.54, 1.807) is 0 Å². The van der Waals surface area contributed by atoms with Gasteiger partial charge in [-0.3, -0.25) is 0 Å². The number of aromatic nitrogens is 4. The molecule has 356 valence electrons. The van der Waals surface area contributed by atoms with Crippen molar-refractivity contribution in [3.8, 4) is 61.3 Å². The summed E-state index contributed by atoms with van der Waals surface area (Å²) in [4.78, 5) is 10.2. The van der Waals surface area contributed by atoms with Gasteiger partial charge in [-0.2, -0.15) is 8.75 Å². The Labute approximate surface area is 437 Å². The Bertz CT molecular complexity index is 3540. The summed E-state index contributed by atoms with van der Waals surface area (Å²) in [7, 11) is 0. The van der Waals surface area contributed by atoms with Crippen LogP contribution in [0.3, 0.4) is 0 Å². The van der Waals surface area contributed by atoms with Crippen molar-refractivity contribution in [3.63, 3.8) is 0 Å². The van der Waals surface area contributed by atoms with Crippen molar-refractivity contribution in [2.75, 3.05) is 0 Å². The zero-order valence-electron chi connectivity index (χ0n) is 40.6. The van der Waals surface area contributed by atoms with Gasteiger partial charge in [-0.15, -0.1) is 45.3 Å². The zero-order valence-corrected chi connectivity index (χ0v) is 44.7. The highest BCUT2D eigenvalue weighted by Gasteiger charge is 2.20. The van der Waals surface area contributed by atoms with Crippen molar-refractivity contribution in [3.05, 3.63) is 146 Å². The SMILES string of the molecule is CCCCCCCCn1c2ccccc2c2cc(-c3ccc(-c4ccc(-c5ccc(-c6ccc(-c7ccc(-c8ccc9c(c8)c8ccccc8n9CCCCCCCC)s7)s6)c6nsnc56)s4)s3)ccc21. The highest BCUT2D eigenvalue weighted by atomic mass is 32.1. The van der Waals surface area contributed by atoms with E-state index in [1.165, 1.54) is 183 Å². The lowest BCUT2D eigenvalue weighted by molar-refractivity contribution is 0.571. The van der Waals surface area contributed by atoms with Crippen LogP contribution in [0.4, 0.5) is 0 Å². The molecule has 71 heavy (non-hydrogen) atoms. The number of unbranched alkanes of at least 4 members (excludes halogenated alkanes) is 10. The van der Waals surface area contributed by atoms with Gasteiger partial charge in [0, 0.05) is 107 Å². The molecular weight excluding hydrogens is 961 g/mol. The van der Waals surface area contributed by atoms with Gasteiger partial charge in [-0.1, -0.05) is 139 Å². The maximum Gasteiger partial charge on any atom is 0.114 e. The molecule has 12 rings (SSSR count).